The minimum atomic E-state index is 0. The molecular weight excluding hydrogens is 495 g/mol. The van der Waals surface area contributed by atoms with Gasteiger partial charge in [0, 0.05) is 46.3 Å². The summed E-state index contributed by atoms with van der Waals surface area (Å²) >= 11 is 0. The maximum atomic E-state index is 12.0. The second-order valence-electron chi connectivity index (χ2n) is 7.87. The van der Waals surface area contributed by atoms with Crippen LogP contribution >= 0.6 is 24.0 Å². The summed E-state index contributed by atoms with van der Waals surface area (Å²) in [5.74, 6) is 0.868. The van der Waals surface area contributed by atoms with E-state index in [0.29, 0.717) is 19.1 Å². The summed E-state index contributed by atoms with van der Waals surface area (Å²) in [6.07, 6.45) is 2.22. The molecule has 2 amide bonds. The Balaban J connectivity index is 0.00000320. The van der Waals surface area contributed by atoms with E-state index in [-0.39, 0.29) is 42.3 Å². The minimum Gasteiger partial charge on any atom is -0.352 e. The van der Waals surface area contributed by atoms with Gasteiger partial charge in [-0.1, -0.05) is 30.3 Å². The number of carbonyl (C=O) groups is 2. The van der Waals surface area contributed by atoms with Gasteiger partial charge >= 0.3 is 0 Å². The van der Waals surface area contributed by atoms with Crippen molar-refractivity contribution in [3.63, 3.8) is 0 Å². The number of carbonyl (C=O) groups excluding carboxylic acids is 2. The van der Waals surface area contributed by atoms with Crippen LogP contribution in [-0.2, 0) is 16.1 Å². The zero-order valence-corrected chi connectivity index (χ0v) is 20.2. The fraction of sp³-hybridized carbons (Fsp3) is 0.571. The third kappa shape index (κ3) is 8.10. The molecule has 0 radical (unpaired) electrons. The van der Waals surface area contributed by atoms with E-state index in [2.05, 4.69) is 20.4 Å². The minimum absolute atomic E-state index is 0. The van der Waals surface area contributed by atoms with Gasteiger partial charge in [-0.2, -0.15) is 0 Å². The van der Waals surface area contributed by atoms with E-state index < -0.39 is 0 Å². The van der Waals surface area contributed by atoms with Crippen LogP contribution in [0, 0.1) is 0 Å². The van der Waals surface area contributed by atoms with Crippen molar-refractivity contribution in [2.75, 3.05) is 53.4 Å². The second-order valence-corrected chi connectivity index (χ2v) is 7.87. The number of amides is 2. The number of hydrogen-bond donors (Lipinski definition) is 2. The Bertz CT molecular complexity index is 715. The Labute approximate surface area is 196 Å². The smallest absolute Gasteiger partial charge is 0.241 e. The average molecular weight is 528 g/mol. The second kappa shape index (κ2) is 12.1. The molecule has 1 saturated heterocycles. The zero-order chi connectivity index (χ0) is 20.6. The molecule has 0 unspecified atom stereocenters. The van der Waals surface area contributed by atoms with Crippen LogP contribution in [0.4, 0.5) is 0 Å². The highest BCUT2D eigenvalue weighted by atomic mass is 127. The van der Waals surface area contributed by atoms with Crippen LogP contribution in [0.3, 0.4) is 0 Å². The van der Waals surface area contributed by atoms with Gasteiger partial charge in [-0.3, -0.25) is 14.5 Å². The summed E-state index contributed by atoms with van der Waals surface area (Å²) in [5, 5.41) is 6.26. The maximum absolute atomic E-state index is 12.0. The summed E-state index contributed by atoms with van der Waals surface area (Å²) in [6.45, 7) is 4.36. The van der Waals surface area contributed by atoms with Crippen LogP contribution in [0.5, 0.6) is 0 Å². The van der Waals surface area contributed by atoms with Gasteiger partial charge in [-0.25, -0.2) is 4.99 Å². The van der Waals surface area contributed by atoms with Gasteiger partial charge < -0.3 is 20.4 Å². The van der Waals surface area contributed by atoms with Crippen molar-refractivity contribution in [1.29, 1.82) is 0 Å². The van der Waals surface area contributed by atoms with E-state index in [9.17, 15) is 9.59 Å². The standard InChI is InChI=1S/C21H32N6O2.HI/c1-25(2)20(29)15-23-21(22-14-17-6-4-3-5-7-17)27-12-10-26(11-13-27)16-19(28)24-18-8-9-18;/h3-7,18H,8-16H2,1-2H3,(H,22,23)(H,24,28);1H. The van der Waals surface area contributed by atoms with E-state index >= 15 is 0 Å². The van der Waals surface area contributed by atoms with Gasteiger partial charge in [-0.05, 0) is 18.4 Å². The first-order chi connectivity index (χ1) is 14.0. The highest BCUT2D eigenvalue weighted by Crippen LogP contribution is 2.18. The molecule has 2 aliphatic rings. The van der Waals surface area contributed by atoms with Crippen LogP contribution in [-0.4, -0.2) is 91.9 Å². The first-order valence-corrected chi connectivity index (χ1v) is 10.3. The number of guanidine groups is 1. The highest BCUT2D eigenvalue weighted by molar-refractivity contribution is 14.0. The van der Waals surface area contributed by atoms with Crippen molar-refractivity contribution in [2.45, 2.75) is 25.4 Å². The zero-order valence-electron chi connectivity index (χ0n) is 17.8. The van der Waals surface area contributed by atoms with Crippen molar-refractivity contribution >= 4 is 41.8 Å². The Hall–Kier alpha value is -1.88. The van der Waals surface area contributed by atoms with E-state index in [1.54, 1.807) is 19.0 Å². The molecule has 1 heterocycles. The lowest BCUT2D eigenvalue weighted by atomic mass is 10.2. The summed E-state index contributed by atoms with van der Waals surface area (Å²) in [5.41, 5.74) is 1.13. The lowest BCUT2D eigenvalue weighted by molar-refractivity contribution is -0.127. The van der Waals surface area contributed by atoms with Crippen molar-refractivity contribution in [2.24, 2.45) is 4.99 Å². The lowest BCUT2D eigenvalue weighted by Crippen LogP contribution is -2.55. The third-order valence-corrected chi connectivity index (χ3v) is 5.13. The number of piperazine rings is 1. The van der Waals surface area contributed by atoms with Crippen molar-refractivity contribution in [3.8, 4) is 0 Å². The fourth-order valence-electron chi connectivity index (χ4n) is 3.15. The van der Waals surface area contributed by atoms with Crippen LogP contribution < -0.4 is 10.6 Å². The molecule has 1 aromatic carbocycles. The topological polar surface area (TPSA) is 80.3 Å². The largest absolute Gasteiger partial charge is 0.352 e. The Kier molecular flexibility index (Phi) is 9.83. The molecule has 1 saturated carbocycles. The first-order valence-electron chi connectivity index (χ1n) is 10.3. The molecule has 0 aromatic heterocycles. The predicted octanol–water partition coefficient (Wildman–Crippen LogP) is 0.735. The van der Waals surface area contributed by atoms with E-state index in [1.165, 1.54) is 0 Å². The maximum Gasteiger partial charge on any atom is 0.241 e. The monoisotopic (exact) mass is 528 g/mol. The number of aliphatic imine (C=N–C) groups is 1. The van der Waals surface area contributed by atoms with E-state index in [1.807, 2.05) is 30.3 Å². The molecule has 30 heavy (non-hydrogen) atoms. The van der Waals surface area contributed by atoms with Crippen LogP contribution in [0.25, 0.3) is 0 Å². The van der Waals surface area contributed by atoms with Crippen LogP contribution in [0.15, 0.2) is 35.3 Å². The molecule has 166 valence electrons. The summed E-state index contributed by atoms with van der Waals surface area (Å²) in [6, 6.07) is 10.5. The van der Waals surface area contributed by atoms with Gasteiger partial charge in [0.2, 0.25) is 11.8 Å². The van der Waals surface area contributed by atoms with Gasteiger partial charge in [0.15, 0.2) is 5.96 Å². The van der Waals surface area contributed by atoms with Crippen LogP contribution in [0.1, 0.15) is 18.4 Å². The molecule has 1 aliphatic heterocycles. The molecule has 0 atom stereocenters. The quantitative estimate of drug-likeness (QED) is 0.310. The first kappa shape index (κ1) is 24.4. The molecule has 9 heteroatoms. The van der Waals surface area contributed by atoms with Gasteiger partial charge in [0.25, 0.3) is 0 Å². The van der Waals surface area contributed by atoms with Gasteiger partial charge in [0.05, 0.1) is 19.6 Å². The van der Waals surface area contributed by atoms with Gasteiger partial charge in [-0.15, -0.1) is 24.0 Å². The molecule has 2 N–H and O–H groups in total. The Morgan fingerprint density at radius 2 is 1.77 bits per heavy atom. The van der Waals surface area contributed by atoms with E-state index in [4.69, 9.17) is 4.99 Å². The third-order valence-electron chi connectivity index (χ3n) is 5.13. The molecule has 0 bridgehead atoms. The predicted molar refractivity (Wildman–Crippen MR) is 129 cm³/mol. The van der Waals surface area contributed by atoms with Crippen LogP contribution in [0.2, 0.25) is 0 Å². The molecule has 0 spiro atoms. The number of likely N-dealkylation sites (N-methyl/N-ethyl adjacent to an activating group) is 1. The number of nitrogens with one attached hydrogen (secondary N) is 2. The number of halogens is 1. The molecular formula is C21H33IN6O2. The van der Waals surface area contributed by atoms with Crippen molar-refractivity contribution in [3.05, 3.63) is 35.9 Å². The number of benzene rings is 1. The van der Waals surface area contributed by atoms with Crippen molar-refractivity contribution in [1.82, 2.24) is 25.3 Å². The molecule has 1 aliphatic carbocycles. The van der Waals surface area contributed by atoms with Crippen molar-refractivity contribution < 1.29 is 9.59 Å². The average Bonchev–Trinajstić information content (AvgIpc) is 3.53. The summed E-state index contributed by atoms with van der Waals surface area (Å²) in [4.78, 5) is 34.7. The molecule has 1 aromatic rings. The Morgan fingerprint density at radius 1 is 1.10 bits per heavy atom. The summed E-state index contributed by atoms with van der Waals surface area (Å²) in [7, 11) is 3.49. The highest BCUT2D eigenvalue weighted by Gasteiger charge is 2.26. The summed E-state index contributed by atoms with van der Waals surface area (Å²) < 4.78 is 0. The Morgan fingerprint density at radius 3 is 2.37 bits per heavy atom. The van der Waals surface area contributed by atoms with Gasteiger partial charge in [0.1, 0.15) is 0 Å². The fourth-order valence-corrected chi connectivity index (χ4v) is 3.15. The SMILES string of the molecule is CN(C)C(=O)CNC(=NCc1ccccc1)N1CCN(CC(=O)NC2CC2)CC1.I. The van der Waals surface area contributed by atoms with E-state index in [0.717, 1.165) is 50.5 Å². The normalized spacial score (nSPS) is 17.1. The molecule has 3 rings (SSSR count). The molecule has 2 fully saturated rings. The number of nitrogens with zero attached hydrogens (tertiary/aromatic N) is 4. The number of hydrogen-bond acceptors (Lipinski definition) is 4. The lowest BCUT2D eigenvalue weighted by Gasteiger charge is -2.36. The number of rotatable bonds is 7. The molecule has 8 nitrogen and oxygen atoms in total.